The molecule has 3 saturated heterocycles. The zero-order chi connectivity index (χ0) is 16.1. The molecule has 4 aliphatic heterocycles. The molecule has 2 saturated carbocycles. The lowest BCUT2D eigenvalue weighted by molar-refractivity contribution is -0.193. The Morgan fingerprint density at radius 2 is 2.25 bits per heavy atom. The number of aliphatic imine (C=N–C) groups is 1. The van der Waals surface area contributed by atoms with Crippen LogP contribution in [-0.2, 0) is 14.9 Å². The average molecular weight is 320 g/mol. The van der Waals surface area contributed by atoms with Gasteiger partial charge in [-0.2, -0.15) is 0 Å². The normalized spacial score (nSPS) is 46.3. The zero-order valence-electron chi connectivity index (χ0n) is 13.5. The zero-order valence-corrected chi connectivity index (χ0v) is 13.5. The number of rotatable bonds is 2. The van der Waals surface area contributed by atoms with Crippen molar-refractivity contribution in [1.82, 2.24) is 4.90 Å². The fourth-order valence-electron chi connectivity index (χ4n) is 6.84. The molecule has 4 nitrogen and oxygen atoms in total. The van der Waals surface area contributed by atoms with E-state index in [-0.39, 0.29) is 23.0 Å². The molecule has 2 aliphatic carbocycles. The van der Waals surface area contributed by atoms with Crippen molar-refractivity contribution in [1.29, 1.82) is 0 Å². The largest absolute Gasteiger partial charge is 0.372 e. The minimum Gasteiger partial charge on any atom is -0.372 e. The Hall–Kier alpha value is -1.94. The summed E-state index contributed by atoms with van der Waals surface area (Å²) in [5, 5.41) is 0. The summed E-state index contributed by atoms with van der Waals surface area (Å²) in [5.74, 6) is 0.965. The average Bonchev–Trinajstić information content (AvgIpc) is 2.96. The van der Waals surface area contributed by atoms with Gasteiger partial charge in [-0.1, -0.05) is 24.3 Å². The van der Waals surface area contributed by atoms with E-state index in [0.717, 1.165) is 38.1 Å². The Bertz CT molecular complexity index is 818. The summed E-state index contributed by atoms with van der Waals surface area (Å²) < 4.78 is 6.25. The number of ether oxygens (including phenoxy) is 1. The highest BCUT2D eigenvalue weighted by atomic mass is 16.5. The molecule has 122 valence electrons. The molecule has 6 atom stereocenters. The molecule has 1 amide bonds. The Morgan fingerprint density at radius 3 is 3.08 bits per heavy atom. The van der Waals surface area contributed by atoms with E-state index in [4.69, 9.17) is 9.73 Å². The van der Waals surface area contributed by atoms with Gasteiger partial charge in [0.05, 0.1) is 29.5 Å². The number of carbonyl (C=O) groups excluding carboxylic acids is 1. The van der Waals surface area contributed by atoms with E-state index in [2.05, 4.69) is 36.9 Å². The van der Waals surface area contributed by atoms with Crippen LogP contribution in [0.25, 0.3) is 0 Å². The van der Waals surface area contributed by atoms with E-state index in [9.17, 15) is 4.79 Å². The highest BCUT2D eigenvalue weighted by Crippen LogP contribution is 2.70. The molecule has 3 unspecified atom stereocenters. The summed E-state index contributed by atoms with van der Waals surface area (Å²) in [6.07, 6.45) is 5.33. The topological polar surface area (TPSA) is 41.9 Å². The van der Waals surface area contributed by atoms with E-state index >= 15 is 0 Å². The fourth-order valence-corrected chi connectivity index (χ4v) is 6.84. The van der Waals surface area contributed by atoms with Gasteiger partial charge in [0, 0.05) is 23.9 Å². The van der Waals surface area contributed by atoms with Gasteiger partial charge in [-0.05, 0) is 30.4 Å². The van der Waals surface area contributed by atoms with Gasteiger partial charge in [0.25, 0.3) is 0 Å². The first kappa shape index (κ1) is 13.4. The lowest BCUT2D eigenvalue weighted by Crippen LogP contribution is -2.79. The summed E-state index contributed by atoms with van der Waals surface area (Å²) in [6, 6.07) is 8.79. The standard InChI is InChI=1S/C20H20N2O2/c1-2-19-10-22(11-23)16-8-20(19)13-5-3-4-6-15(13)21-18(20)17-7-14(19)12(16)9-24-17/h2-6,11-12,14,16-17H,1,7-10H2/t12-,14+,16-,17?,19?,20?/m0/s1. The molecule has 5 bridgehead atoms. The Balaban J connectivity index is 1.70. The minimum atomic E-state index is -0.125. The molecule has 6 aliphatic rings. The van der Waals surface area contributed by atoms with Crippen molar-refractivity contribution >= 4 is 17.8 Å². The van der Waals surface area contributed by atoms with Crippen molar-refractivity contribution in [3.05, 3.63) is 42.5 Å². The van der Waals surface area contributed by atoms with Crippen molar-refractivity contribution < 1.29 is 9.53 Å². The predicted octanol–water partition coefficient (Wildman–Crippen LogP) is 2.46. The van der Waals surface area contributed by atoms with Crippen LogP contribution in [0.3, 0.4) is 0 Å². The number of nitrogens with zero attached hydrogens (tertiary/aromatic N) is 2. The summed E-state index contributed by atoms with van der Waals surface area (Å²) in [6.45, 7) is 5.79. The van der Waals surface area contributed by atoms with E-state index in [0.29, 0.717) is 11.8 Å². The SMILES string of the molecule is C=CC12CN(C=O)[C@H]3CC14C(=Nc1ccccc14)C1C[C@@H]2[C@@H]3CO1. The Labute approximate surface area is 141 Å². The van der Waals surface area contributed by atoms with Gasteiger partial charge in [0.2, 0.25) is 6.41 Å². The second-order valence-electron chi connectivity index (χ2n) is 8.04. The molecular weight excluding hydrogens is 300 g/mol. The molecule has 24 heavy (non-hydrogen) atoms. The highest BCUT2D eigenvalue weighted by Gasteiger charge is 2.74. The van der Waals surface area contributed by atoms with Gasteiger partial charge in [-0.25, -0.2) is 0 Å². The van der Waals surface area contributed by atoms with Crippen LogP contribution in [0, 0.1) is 17.3 Å². The maximum absolute atomic E-state index is 11.8. The third kappa shape index (κ3) is 1.14. The number of hydrogen-bond donors (Lipinski definition) is 0. The molecule has 0 N–H and O–H groups in total. The number of benzene rings is 1. The van der Waals surface area contributed by atoms with Crippen molar-refractivity contribution in [3.63, 3.8) is 0 Å². The first-order valence-corrected chi connectivity index (χ1v) is 8.90. The molecule has 0 aromatic heterocycles. The van der Waals surface area contributed by atoms with Crippen LogP contribution in [0.4, 0.5) is 5.69 Å². The number of fused-ring (bicyclic) bond motifs is 4. The third-order valence-corrected chi connectivity index (χ3v) is 7.66. The van der Waals surface area contributed by atoms with Crippen molar-refractivity contribution in [2.24, 2.45) is 22.2 Å². The minimum absolute atomic E-state index is 0.112. The molecule has 7 rings (SSSR count). The first-order chi connectivity index (χ1) is 11.7. The predicted molar refractivity (Wildman–Crippen MR) is 90.4 cm³/mol. The number of amides is 1. The second-order valence-corrected chi connectivity index (χ2v) is 8.04. The van der Waals surface area contributed by atoms with Crippen LogP contribution < -0.4 is 0 Å². The monoisotopic (exact) mass is 320 g/mol. The van der Waals surface area contributed by atoms with Crippen molar-refractivity contribution in [2.75, 3.05) is 13.2 Å². The van der Waals surface area contributed by atoms with Crippen LogP contribution in [0.5, 0.6) is 0 Å². The smallest absolute Gasteiger partial charge is 0.209 e. The van der Waals surface area contributed by atoms with Crippen molar-refractivity contribution in [2.45, 2.75) is 30.4 Å². The molecule has 5 fully saturated rings. The molecule has 1 aromatic rings. The summed E-state index contributed by atoms with van der Waals surface area (Å²) in [7, 11) is 0. The highest BCUT2D eigenvalue weighted by molar-refractivity contribution is 6.07. The molecule has 4 heterocycles. The quantitative estimate of drug-likeness (QED) is 0.620. The lowest BCUT2D eigenvalue weighted by Gasteiger charge is -2.72. The maximum atomic E-state index is 11.8. The van der Waals surface area contributed by atoms with Crippen LogP contribution in [0.15, 0.2) is 41.9 Å². The molecule has 1 spiro atoms. The Kier molecular flexibility index (Phi) is 2.22. The van der Waals surface area contributed by atoms with Gasteiger partial charge in [0.15, 0.2) is 0 Å². The van der Waals surface area contributed by atoms with Gasteiger partial charge in [0.1, 0.15) is 0 Å². The number of para-hydroxylation sites is 1. The van der Waals surface area contributed by atoms with E-state index in [1.54, 1.807) is 0 Å². The number of carbonyl (C=O) groups is 1. The second kappa shape index (κ2) is 3.99. The summed E-state index contributed by atoms with van der Waals surface area (Å²) >= 11 is 0. The fraction of sp³-hybridized carbons (Fsp3) is 0.500. The van der Waals surface area contributed by atoms with Gasteiger partial charge in [-0.3, -0.25) is 9.79 Å². The lowest BCUT2D eigenvalue weighted by atomic mass is 9.38. The van der Waals surface area contributed by atoms with Crippen LogP contribution >= 0.6 is 0 Å². The maximum Gasteiger partial charge on any atom is 0.209 e. The van der Waals surface area contributed by atoms with Crippen molar-refractivity contribution in [3.8, 4) is 0 Å². The number of piperidine rings is 2. The van der Waals surface area contributed by atoms with Gasteiger partial charge < -0.3 is 9.64 Å². The van der Waals surface area contributed by atoms with Gasteiger partial charge >= 0.3 is 0 Å². The summed E-state index contributed by atoms with van der Waals surface area (Å²) in [4.78, 5) is 18.8. The first-order valence-electron chi connectivity index (χ1n) is 8.90. The van der Waals surface area contributed by atoms with E-state index in [1.807, 2.05) is 4.90 Å². The molecule has 0 radical (unpaired) electrons. The van der Waals surface area contributed by atoms with Crippen LogP contribution in [0.1, 0.15) is 18.4 Å². The number of hydrogen-bond acceptors (Lipinski definition) is 3. The summed E-state index contributed by atoms with van der Waals surface area (Å²) in [5.41, 5.74) is 3.38. The van der Waals surface area contributed by atoms with E-state index in [1.165, 1.54) is 11.3 Å². The van der Waals surface area contributed by atoms with Gasteiger partial charge in [-0.15, -0.1) is 6.58 Å². The molecular formula is C20H20N2O2. The Morgan fingerprint density at radius 1 is 1.38 bits per heavy atom. The van der Waals surface area contributed by atoms with E-state index < -0.39 is 0 Å². The van der Waals surface area contributed by atoms with Crippen LogP contribution in [-0.4, -0.2) is 42.3 Å². The molecule has 1 aromatic carbocycles. The van der Waals surface area contributed by atoms with Crippen LogP contribution in [0.2, 0.25) is 0 Å². The third-order valence-electron chi connectivity index (χ3n) is 7.66. The molecule has 4 heteroatoms.